The van der Waals surface area contributed by atoms with Crippen molar-refractivity contribution in [2.75, 3.05) is 5.32 Å². The molecule has 8 heteroatoms. The first-order valence-electron chi connectivity index (χ1n) is 10.5. The quantitative estimate of drug-likeness (QED) is 0.292. The molecular formula is C25H19N7S. The maximum absolute atomic E-state index is 4.74. The van der Waals surface area contributed by atoms with Gasteiger partial charge in [-0.05, 0) is 48.4 Å². The van der Waals surface area contributed by atoms with Gasteiger partial charge in [0.25, 0.3) is 0 Å². The number of aryl methyl sites for hydroxylation is 1. The van der Waals surface area contributed by atoms with Crippen LogP contribution in [0.1, 0.15) is 5.56 Å². The lowest BCUT2D eigenvalue weighted by molar-refractivity contribution is 1.09. The minimum absolute atomic E-state index is 0.666. The lowest BCUT2D eigenvalue weighted by Crippen LogP contribution is -1.97. The van der Waals surface area contributed by atoms with E-state index in [2.05, 4.69) is 67.7 Å². The number of aromatic nitrogens is 6. The van der Waals surface area contributed by atoms with Crippen LogP contribution in [0.15, 0.2) is 78.7 Å². The average molecular weight is 450 g/mol. The van der Waals surface area contributed by atoms with Crippen LogP contribution in [0.2, 0.25) is 0 Å². The third-order valence-corrected chi connectivity index (χ3v) is 6.31. The Morgan fingerprint density at radius 1 is 0.939 bits per heavy atom. The van der Waals surface area contributed by atoms with Crippen molar-refractivity contribution in [3.63, 3.8) is 0 Å². The van der Waals surface area contributed by atoms with E-state index in [0.29, 0.717) is 5.82 Å². The second-order valence-electron chi connectivity index (χ2n) is 7.73. The highest BCUT2D eigenvalue weighted by Gasteiger charge is 2.10. The number of benzene rings is 2. The Labute approximate surface area is 193 Å². The topological polar surface area (TPSA) is 95.2 Å². The Hall–Kier alpha value is -4.30. The summed E-state index contributed by atoms with van der Waals surface area (Å²) in [5, 5.41) is 14.4. The van der Waals surface area contributed by atoms with Crippen molar-refractivity contribution in [2.24, 2.45) is 0 Å². The van der Waals surface area contributed by atoms with Gasteiger partial charge in [0, 0.05) is 51.7 Å². The first kappa shape index (κ1) is 19.4. The Morgan fingerprint density at radius 2 is 1.91 bits per heavy atom. The molecule has 0 fully saturated rings. The van der Waals surface area contributed by atoms with Crippen molar-refractivity contribution in [1.82, 2.24) is 30.1 Å². The van der Waals surface area contributed by atoms with E-state index in [4.69, 9.17) is 4.98 Å². The Kier molecular flexibility index (Phi) is 4.70. The minimum atomic E-state index is 0.666. The molecule has 0 saturated carbocycles. The highest BCUT2D eigenvalue weighted by atomic mass is 32.1. The molecule has 0 bridgehead atoms. The van der Waals surface area contributed by atoms with Crippen molar-refractivity contribution in [1.29, 1.82) is 0 Å². The number of rotatable bonds is 5. The van der Waals surface area contributed by atoms with Crippen LogP contribution in [0.3, 0.4) is 0 Å². The zero-order chi connectivity index (χ0) is 22.2. The summed E-state index contributed by atoms with van der Waals surface area (Å²) in [6.07, 6.45) is 7.31. The molecule has 3 N–H and O–H groups in total. The zero-order valence-electron chi connectivity index (χ0n) is 17.7. The largest absolute Gasteiger partial charge is 0.353 e. The summed E-state index contributed by atoms with van der Waals surface area (Å²) in [6, 6.07) is 16.4. The predicted octanol–water partition coefficient (Wildman–Crippen LogP) is 6.19. The van der Waals surface area contributed by atoms with Crippen molar-refractivity contribution in [3.05, 3.63) is 84.3 Å². The van der Waals surface area contributed by atoms with E-state index in [1.807, 2.05) is 42.2 Å². The number of H-pyrrole nitrogens is 2. The number of nitrogens with one attached hydrogen (secondary N) is 3. The number of nitrogens with zero attached hydrogens (tertiary/aromatic N) is 4. The molecule has 0 amide bonds. The lowest BCUT2D eigenvalue weighted by atomic mass is 10.0. The van der Waals surface area contributed by atoms with E-state index in [1.165, 1.54) is 0 Å². The monoisotopic (exact) mass is 449 g/mol. The van der Waals surface area contributed by atoms with Gasteiger partial charge >= 0.3 is 0 Å². The summed E-state index contributed by atoms with van der Waals surface area (Å²) in [6.45, 7) is 2.09. The number of anilines is 2. The molecule has 0 unspecified atom stereocenters. The Bertz CT molecular complexity index is 1550. The van der Waals surface area contributed by atoms with Gasteiger partial charge in [-0.1, -0.05) is 18.2 Å². The van der Waals surface area contributed by atoms with E-state index in [0.717, 1.165) is 55.4 Å². The molecule has 6 aromatic rings. The summed E-state index contributed by atoms with van der Waals surface area (Å²) in [5.41, 5.74) is 7.34. The second-order valence-corrected chi connectivity index (χ2v) is 8.62. The summed E-state index contributed by atoms with van der Waals surface area (Å²) in [4.78, 5) is 17.1. The fraction of sp³-hybridized carbons (Fsp3) is 0.0400. The van der Waals surface area contributed by atoms with Crippen LogP contribution in [0, 0.1) is 6.92 Å². The molecule has 7 nitrogen and oxygen atoms in total. The van der Waals surface area contributed by atoms with E-state index in [1.54, 1.807) is 17.5 Å². The number of hydrogen-bond acceptors (Lipinski definition) is 6. The first-order valence-corrected chi connectivity index (χ1v) is 11.3. The van der Waals surface area contributed by atoms with Crippen LogP contribution in [0.25, 0.3) is 44.1 Å². The molecule has 0 atom stereocenters. The predicted molar refractivity (Wildman–Crippen MR) is 132 cm³/mol. The van der Waals surface area contributed by atoms with Gasteiger partial charge in [0.05, 0.1) is 11.9 Å². The van der Waals surface area contributed by atoms with Crippen LogP contribution in [0.4, 0.5) is 11.5 Å². The Morgan fingerprint density at radius 3 is 2.73 bits per heavy atom. The van der Waals surface area contributed by atoms with Crippen LogP contribution in [0.5, 0.6) is 0 Å². The van der Waals surface area contributed by atoms with Gasteiger partial charge in [-0.15, -0.1) is 11.3 Å². The summed E-state index contributed by atoms with van der Waals surface area (Å²) in [7, 11) is 0. The molecule has 4 aromatic heterocycles. The van der Waals surface area contributed by atoms with Gasteiger partial charge in [0.15, 0.2) is 5.82 Å². The molecule has 0 radical (unpaired) electrons. The van der Waals surface area contributed by atoms with E-state index >= 15 is 0 Å². The molecule has 33 heavy (non-hydrogen) atoms. The lowest BCUT2D eigenvalue weighted by Gasteiger charge is -2.10. The fourth-order valence-corrected chi connectivity index (χ4v) is 4.53. The molecular weight excluding hydrogens is 430 g/mol. The second kappa shape index (κ2) is 7.99. The zero-order valence-corrected chi connectivity index (χ0v) is 18.5. The number of hydrogen-bond donors (Lipinski definition) is 3. The summed E-state index contributed by atoms with van der Waals surface area (Å²) in [5.74, 6) is 1.41. The van der Waals surface area contributed by atoms with Crippen LogP contribution < -0.4 is 5.32 Å². The normalized spacial score (nSPS) is 11.2. The molecule has 0 spiro atoms. The summed E-state index contributed by atoms with van der Waals surface area (Å²) >= 11 is 1.62. The third-order valence-electron chi connectivity index (χ3n) is 5.51. The summed E-state index contributed by atoms with van der Waals surface area (Å²) < 4.78 is 0. The standard InChI is InChI=1S/C25H19N7S/c1-15-10-19(4-5-20(15)18-13-28-29-14-18)30-23-6-7-26-24(32-23)17-3-2-16-11-22(31-21(16)12-17)25-27-8-9-33-25/h2-14,31H,1H3,(H,28,29)(H,26,30,32). The Balaban J connectivity index is 1.28. The van der Waals surface area contributed by atoms with Gasteiger partial charge in [-0.2, -0.15) is 5.10 Å². The molecule has 6 rings (SSSR count). The number of aromatic amines is 2. The van der Waals surface area contributed by atoms with E-state index in [9.17, 15) is 0 Å². The maximum Gasteiger partial charge on any atom is 0.161 e. The number of thiazole rings is 1. The molecule has 0 aliphatic heterocycles. The average Bonchev–Trinajstić information content (AvgIpc) is 3.60. The molecule has 160 valence electrons. The molecule has 0 aliphatic carbocycles. The van der Waals surface area contributed by atoms with Crippen LogP contribution in [-0.2, 0) is 0 Å². The van der Waals surface area contributed by atoms with Gasteiger partial charge < -0.3 is 10.3 Å². The highest BCUT2D eigenvalue weighted by Crippen LogP contribution is 2.29. The van der Waals surface area contributed by atoms with Gasteiger partial charge in [0.1, 0.15) is 10.8 Å². The van der Waals surface area contributed by atoms with Gasteiger partial charge in [0.2, 0.25) is 0 Å². The van der Waals surface area contributed by atoms with E-state index < -0.39 is 0 Å². The van der Waals surface area contributed by atoms with Crippen molar-refractivity contribution in [3.8, 4) is 33.2 Å². The van der Waals surface area contributed by atoms with Crippen molar-refractivity contribution >= 4 is 33.7 Å². The smallest absolute Gasteiger partial charge is 0.161 e. The van der Waals surface area contributed by atoms with Crippen molar-refractivity contribution < 1.29 is 0 Å². The van der Waals surface area contributed by atoms with Crippen molar-refractivity contribution in [2.45, 2.75) is 6.92 Å². The van der Waals surface area contributed by atoms with Crippen LogP contribution >= 0.6 is 11.3 Å². The molecule has 4 heterocycles. The molecule has 0 saturated heterocycles. The third kappa shape index (κ3) is 3.77. The van der Waals surface area contributed by atoms with Crippen LogP contribution in [-0.4, -0.2) is 30.1 Å². The SMILES string of the molecule is Cc1cc(Nc2ccnc(-c3ccc4cc(-c5nccs5)[nH]c4c3)n2)ccc1-c1cn[nH]c1. The molecule has 0 aliphatic rings. The fourth-order valence-electron chi connectivity index (χ4n) is 3.92. The van der Waals surface area contributed by atoms with E-state index in [-0.39, 0.29) is 0 Å². The maximum atomic E-state index is 4.74. The van der Waals surface area contributed by atoms with Gasteiger partial charge in [-0.3, -0.25) is 5.10 Å². The molecule has 2 aromatic carbocycles. The first-order chi connectivity index (χ1) is 16.2. The highest BCUT2D eigenvalue weighted by molar-refractivity contribution is 7.13. The minimum Gasteiger partial charge on any atom is -0.353 e. The number of fused-ring (bicyclic) bond motifs is 1. The van der Waals surface area contributed by atoms with Gasteiger partial charge in [-0.25, -0.2) is 15.0 Å².